The molecule has 0 aromatic carbocycles. The molecule has 0 aromatic rings. The lowest BCUT2D eigenvalue weighted by Gasteiger charge is -2.18. The maximum Gasteiger partial charge on any atom is 0.306 e. The Hall–Kier alpha value is -4.19. The first-order valence-corrected chi connectivity index (χ1v) is 26.0. The van der Waals surface area contributed by atoms with E-state index in [9.17, 15) is 14.4 Å². The van der Waals surface area contributed by atoms with Crippen molar-refractivity contribution >= 4 is 17.9 Å². The van der Waals surface area contributed by atoms with Crippen LogP contribution in [0.25, 0.3) is 0 Å². The number of rotatable bonds is 45. The van der Waals surface area contributed by atoms with Crippen LogP contribution in [0.4, 0.5) is 0 Å². The van der Waals surface area contributed by atoms with E-state index in [1.165, 1.54) is 44.9 Å². The molecule has 6 heteroatoms. The van der Waals surface area contributed by atoms with Gasteiger partial charge in [0, 0.05) is 19.3 Å². The maximum atomic E-state index is 12.8. The highest BCUT2D eigenvalue weighted by atomic mass is 16.6. The Morgan fingerprint density at radius 2 is 0.615 bits per heavy atom. The zero-order valence-electron chi connectivity index (χ0n) is 41.7. The summed E-state index contributed by atoms with van der Waals surface area (Å²) < 4.78 is 16.7. The van der Waals surface area contributed by atoms with Gasteiger partial charge in [-0.2, -0.15) is 0 Å². The van der Waals surface area contributed by atoms with E-state index in [4.69, 9.17) is 14.2 Å². The van der Waals surface area contributed by atoms with Crippen molar-refractivity contribution in [1.29, 1.82) is 0 Å². The van der Waals surface area contributed by atoms with Gasteiger partial charge in [0.15, 0.2) is 6.10 Å². The van der Waals surface area contributed by atoms with E-state index in [2.05, 4.69) is 142 Å². The van der Waals surface area contributed by atoms with Gasteiger partial charge in [-0.25, -0.2) is 0 Å². The van der Waals surface area contributed by atoms with Gasteiger partial charge in [0.2, 0.25) is 0 Å². The molecule has 65 heavy (non-hydrogen) atoms. The van der Waals surface area contributed by atoms with E-state index < -0.39 is 6.10 Å². The second kappa shape index (κ2) is 52.4. The molecule has 0 saturated carbocycles. The summed E-state index contributed by atoms with van der Waals surface area (Å²) >= 11 is 0. The van der Waals surface area contributed by atoms with Crippen molar-refractivity contribution in [1.82, 2.24) is 0 Å². The molecule has 0 aromatic heterocycles. The van der Waals surface area contributed by atoms with Gasteiger partial charge in [0.05, 0.1) is 0 Å². The third kappa shape index (κ3) is 50.7. The van der Waals surface area contributed by atoms with Gasteiger partial charge in [-0.1, -0.05) is 194 Å². The molecule has 6 nitrogen and oxygen atoms in total. The van der Waals surface area contributed by atoms with Crippen LogP contribution in [0.3, 0.4) is 0 Å². The van der Waals surface area contributed by atoms with Gasteiger partial charge >= 0.3 is 17.9 Å². The fraction of sp³-hybridized carbons (Fsp3) is 0.610. The van der Waals surface area contributed by atoms with Crippen molar-refractivity contribution in [2.24, 2.45) is 0 Å². The largest absolute Gasteiger partial charge is 0.462 e. The SMILES string of the molecule is CC/C=C\C/C=C\C/C=C\C/C=C\CCCCC(=O)OC[C@H](COC(=O)CCC/C=C\C/C=C\C/C=C\CCCCCCCC)OC(=O)CCCCCCC/C=C\C/C=C\C/C=C\CC. The van der Waals surface area contributed by atoms with E-state index in [1.807, 2.05) is 0 Å². The van der Waals surface area contributed by atoms with Gasteiger partial charge in [0.1, 0.15) is 13.2 Å². The molecule has 0 aliphatic carbocycles. The van der Waals surface area contributed by atoms with E-state index in [1.54, 1.807) is 0 Å². The monoisotopic (exact) mass is 899 g/mol. The summed E-state index contributed by atoms with van der Waals surface area (Å²) in [6.45, 7) is 6.29. The number of carbonyl (C=O) groups excluding carboxylic acids is 3. The predicted octanol–water partition coefficient (Wildman–Crippen LogP) is 17.3. The lowest BCUT2D eigenvalue weighted by atomic mass is 10.1. The van der Waals surface area contributed by atoms with E-state index in [0.717, 1.165) is 116 Å². The van der Waals surface area contributed by atoms with Crippen molar-refractivity contribution in [2.75, 3.05) is 13.2 Å². The molecular weight excluding hydrogens is 805 g/mol. The Morgan fingerprint density at radius 3 is 1.03 bits per heavy atom. The van der Waals surface area contributed by atoms with Gasteiger partial charge in [-0.05, 0) is 122 Å². The lowest BCUT2D eigenvalue weighted by Crippen LogP contribution is -2.30. The second-order valence-electron chi connectivity index (χ2n) is 16.7. The third-order valence-electron chi connectivity index (χ3n) is 10.4. The van der Waals surface area contributed by atoms with Gasteiger partial charge in [-0.15, -0.1) is 0 Å². The standard InChI is InChI=1S/C59H94O6/c1-4-7-10-13-16-19-22-25-28-29-32-34-37-40-43-46-49-52-58(61)64-55-56(65-59(62)53-50-47-44-41-38-35-31-27-24-21-18-15-12-9-6-3)54-63-57(60)51-48-45-42-39-36-33-30-26-23-20-17-14-11-8-5-2/h8-9,11-12,17-18,20-21,25-28,30-32,34,36,39-40,43,56H,4-7,10,13-16,19,22-24,29,33,35,37-38,41-42,44-55H2,1-3H3/b11-8-,12-9-,20-17-,21-18-,28-25-,30-26-,31-27-,34-32-,39-36-,43-40-/t56-/m1/s1. The summed E-state index contributed by atoms with van der Waals surface area (Å²) in [5.74, 6) is -1.04. The lowest BCUT2D eigenvalue weighted by molar-refractivity contribution is -0.167. The zero-order valence-corrected chi connectivity index (χ0v) is 41.7. The maximum absolute atomic E-state index is 12.8. The van der Waals surface area contributed by atoms with Crippen LogP contribution in [0, 0.1) is 0 Å². The Kier molecular flexibility index (Phi) is 49.1. The number of unbranched alkanes of at least 4 members (excludes halogenated alkanes) is 14. The van der Waals surface area contributed by atoms with Gasteiger partial charge < -0.3 is 14.2 Å². The fourth-order valence-electron chi connectivity index (χ4n) is 6.58. The minimum Gasteiger partial charge on any atom is -0.462 e. The minimum absolute atomic E-state index is 0.126. The average Bonchev–Trinajstić information content (AvgIpc) is 3.30. The van der Waals surface area contributed by atoms with Crippen LogP contribution in [0.2, 0.25) is 0 Å². The summed E-state index contributed by atoms with van der Waals surface area (Å²) in [6.07, 6.45) is 71.9. The molecular formula is C59H94O6. The first-order chi connectivity index (χ1) is 32.0. The molecule has 0 fully saturated rings. The minimum atomic E-state index is -0.828. The summed E-state index contributed by atoms with van der Waals surface area (Å²) in [4.78, 5) is 38.0. The molecule has 366 valence electrons. The van der Waals surface area contributed by atoms with Crippen molar-refractivity contribution < 1.29 is 28.6 Å². The highest BCUT2D eigenvalue weighted by Gasteiger charge is 2.19. The van der Waals surface area contributed by atoms with Crippen LogP contribution in [0.5, 0.6) is 0 Å². The number of esters is 3. The second-order valence-corrected chi connectivity index (χ2v) is 16.7. The number of hydrogen-bond donors (Lipinski definition) is 0. The Balaban J connectivity index is 4.58. The molecule has 0 spiro atoms. The van der Waals surface area contributed by atoms with Crippen LogP contribution in [-0.2, 0) is 28.6 Å². The molecule has 0 bridgehead atoms. The summed E-state index contributed by atoms with van der Waals surface area (Å²) in [7, 11) is 0. The first kappa shape index (κ1) is 60.8. The van der Waals surface area contributed by atoms with Gasteiger partial charge in [-0.3, -0.25) is 14.4 Å². The van der Waals surface area contributed by atoms with E-state index in [-0.39, 0.29) is 50.4 Å². The number of carbonyl (C=O) groups is 3. The first-order valence-electron chi connectivity index (χ1n) is 26.0. The van der Waals surface area contributed by atoms with Crippen LogP contribution < -0.4 is 0 Å². The normalized spacial score (nSPS) is 13.1. The molecule has 0 aliphatic rings. The molecule has 0 amide bonds. The van der Waals surface area contributed by atoms with Crippen molar-refractivity contribution in [2.45, 2.75) is 219 Å². The smallest absolute Gasteiger partial charge is 0.306 e. The van der Waals surface area contributed by atoms with Crippen molar-refractivity contribution in [3.05, 3.63) is 122 Å². The van der Waals surface area contributed by atoms with E-state index >= 15 is 0 Å². The summed E-state index contributed by atoms with van der Waals surface area (Å²) in [5.41, 5.74) is 0. The summed E-state index contributed by atoms with van der Waals surface area (Å²) in [5, 5.41) is 0. The molecule has 0 rings (SSSR count). The van der Waals surface area contributed by atoms with Crippen LogP contribution >= 0.6 is 0 Å². The Labute approximate surface area is 399 Å². The van der Waals surface area contributed by atoms with Crippen molar-refractivity contribution in [3.63, 3.8) is 0 Å². The highest BCUT2D eigenvalue weighted by Crippen LogP contribution is 2.12. The van der Waals surface area contributed by atoms with Gasteiger partial charge in [0.25, 0.3) is 0 Å². The van der Waals surface area contributed by atoms with E-state index in [0.29, 0.717) is 12.8 Å². The molecule has 0 saturated heterocycles. The Morgan fingerprint density at radius 1 is 0.323 bits per heavy atom. The predicted molar refractivity (Wildman–Crippen MR) is 279 cm³/mol. The molecule has 0 radical (unpaired) electrons. The third-order valence-corrected chi connectivity index (χ3v) is 10.4. The molecule has 0 aliphatic heterocycles. The Bertz CT molecular complexity index is 1400. The van der Waals surface area contributed by atoms with Crippen LogP contribution in [-0.4, -0.2) is 37.2 Å². The molecule has 0 N–H and O–H groups in total. The topological polar surface area (TPSA) is 78.9 Å². The number of ether oxygens (including phenoxy) is 3. The molecule has 0 unspecified atom stereocenters. The fourth-order valence-corrected chi connectivity index (χ4v) is 6.58. The number of hydrogen-bond acceptors (Lipinski definition) is 6. The zero-order chi connectivity index (χ0) is 47.2. The molecule has 0 heterocycles. The average molecular weight is 899 g/mol. The molecule has 1 atom stereocenters. The van der Waals surface area contributed by atoms with Crippen molar-refractivity contribution in [3.8, 4) is 0 Å². The van der Waals surface area contributed by atoms with Crippen LogP contribution in [0.1, 0.15) is 213 Å². The highest BCUT2D eigenvalue weighted by molar-refractivity contribution is 5.71. The number of allylic oxidation sites excluding steroid dienone is 20. The summed E-state index contributed by atoms with van der Waals surface area (Å²) in [6, 6.07) is 0. The van der Waals surface area contributed by atoms with Crippen LogP contribution in [0.15, 0.2) is 122 Å². The quantitative estimate of drug-likeness (QED) is 0.0262.